The van der Waals surface area contributed by atoms with Crippen LogP contribution in [0.3, 0.4) is 0 Å². The van der Waals surface area contributed by atoms with Crippen molar-refractivity contribution in [3.05, 3.63) is 28.7 Å². The van der Waals surface area contributed by atoms with E-state index in [0.29, 0.717) is 0 Å². The Morgan fingerprint density at radius 1 is 1.20 bits per heavy atom. The first-order chi connectivity index (χ1) is 7.34. The fourth-order valence-corrected chi connectivity index (χ4v) is 2.52. The lowest BCUT2D eigenvalue weighted by Gasteiger charge is -2.07. The van der Waals surface area contributed by atoms with Gasteiger partial charge in [-0.15, -0.1) is 11.8 Å². The minimum absolute atomic E-state index is 0.0212. The molecule has 0 N–H and O–H groups in total. The lowest BCUT2D eigenvalue weighted by atomic mass is 10.4. The molecule has 1 heterocycles. The molecular formula is C11H13BrO2S. The summed E-state index contributed by atoms with van der Waals surface area (Å²) in [6.07, 6.45) is 0.980. The molecule has 2 nitrogen and oxygen atoms in total. The Morgan fingerprint density at radius 3 is 2.53 bits per heavy atom. The maximum absolute atomic E-state index is 5.37. The Morgan fingerprint density at radius 2 is 1.87 bits per heavy atom. The molecule has 0 radical (unpaired) electrons. The van der Waals surface area contributed by atoms with Gasteiger partial charge in [-0.2, -0.15) is 0 Å². The molecule has 0 aliphatic carbocycles. The maximum atomic E-state index is 5.37. The summed E-state index contributed by atoms with van der Waals surface area (Å²) in [6.45, 7) is 1.49. The second-order valence-electron chi connectivity index (χ2n) is 3.26. The third-order valence-corrected chi connectivity index (χ3v) is 3.70. The van der Waals surface area contributed by atoms with Gasteiger partial charge < -0.3 is 9.47 Å². The average molecular weight is 289 g/mol. The number of halogens is 1. The fraction of sp³-hybridized carbons (Fsp3) is 0.455. The Kier molecular flexibility index (Phi) is 4.50. The van der Waals surface area contributed by atoms with E-state index >= 15 is 0 Å². The Labute approximate surface area is 102 Å². The second-order valence-corrected chi connectivity index (χ2v) is 5.35. The Bertz CT molecular complexity index is 296. The van der Waals surface area contributed by atoms with Crippen LogP contribution in [0.1, 0.15) is 6.42 Å². The van der Waals surface area contributed by atoms with Gasteiger partial charge in [-0.25, -0.2) is 0 Å². The van der Waals surface area contributed by atoms with Gasteiger partial charge in [0.15, 0.2) is 6.29 Å². The normalized spacial score (nSPS) is 17.1. The predicted octanol–water partition coefficient (Wildman–Crippen LogP) is 3.30. The zero-order chi connectivity index (χ0) is 10.5. The van der Waals surface area contributed by atoms with Crippen LogP contribution in [0.4, 0.5) is 0 Å². The SMILES string of the molecule is Brc1ccc(SCCC2OCCO2)cc1. The van der Waals surface area contributed by atoms with E-state index in [2.05, 4.69) is 40.2 Å². The van der Waals surface area contributed by atoms with E-state index in [1.165, 1.54) is 4.90 Å². The van der Waals surface area contributed by atoms with Crippen LogP contribution in [-0.2, 0) is 9.47 Å². The van der Waals surface area contributed by atoms with E-state index in [0.717, 1.165) is 29.9 Å². The first-order valence-corrected chi connectivity index (χ1v) is 6.74. The molecule has 1 fully saturated rings. The van der Waals surface area contributed by atoms with E-state index in [4.69, 9.17) is 9.47 Å². The largest absolute Gasteiger partial charge is 0.350 e. The van der Waals surface area contributed by atoms with Gasteiger partial charge in [-0.3, -0.25) is 0 Å². The van der Waals surface area contributed by atoms with Gasteiger partial charge in [0.2, 0.25) is 0 Å². The smallest absolute Gasteiger partial charge is 0.158 e. The van der Waals surface area contributed by atoms with E-state index < -0.39 is 0 Å². The molecule has 1 aliphatic heterocycles. The van der Waals surface area contributed by atoms with E-state index in [1.54, 1.807) is 0 Å². The molecule has 4 heteroatoms. The van der Waals surface area contributed by atoms with Crippen LogP contribution in [0.2, 0.25) is 0 Å². The lowest BCUT2D eigenvalue weighted by Crippen LogP contribution is -2.08. The fourth-order valence-electron chi connectivity index (χ4n) is 1.38. The molecule has 0 spiro atoms. The monoisotopic (exact) mass is 288 g/mol. The molecule has 82 valence electrons. The molecule has 1 saturated heterocycles. The number of hydrogen-bond acceptors (Lipinski definition) is 3. The first kappa shape index (κ1) is 11.5. The molecule has 0 atom stereocenters. The van der Waals surface area contributed by atoms with E-state index in [-0.39, 0.29) is 6.29 Å². The van der Waals surface area contributed by atoms with Crippen molar-refractivity contribution in [1.82, 2.24) is 0 Å². The van der Waals surface area contributed by atoms with Crippen molar-refractivity contribution in [3.8, 4) is 0 Å². The highest BCUT2D eigenvalue weighted by molar-refractivity contribution is 9.10. The van der Waals surface area contributed by atoms with Crippen molar-refractivity contribution >= 4 is 27.7 Å². The number of ether oxygens (including phenoxy) is 2. The second kappa shape index (κ2) is 5.89. The minimum atomic E-state index is 0.0212. The van der Waals surface area contributed by atoms with E-state index in [1.807, 2.05) is 11.8 Å². The molecule has 0 amide bonds. The Balaban J connectivity index is 1.71. The molecule has 2 rings (SSSR count). The van der Waals surface area contributed by atoms with Gasteiger partial charge >= 0.3 is 0 Å². The summed E-state index contributed by atoms with van der Waals surface area (Å²) >= 11 is 5.25. The Hall–Kier alpha value is -0.0300. The molecule has 1 aromatic carbocycles. The summed E-state index contributed by atoms with van der Waals surface area (Å²) in [7, 11) is 0. The van der Waals surface area contributed by atoms with E-state index in [9.17, 15) is 0 Å². The van der Waals surface area contributed by atoms with Crippen molar-refractivity contribution in [2.45, 2.75) is 17.6 Å². The van der Waals surface area contributed by atoms with Crippen LogP contribution in [0.15, 0.2) is 33.6 Å². The molecular weight excluding hydrogens is 276 g/mol. The van der Waals surface area contributed by atoms with Crippen LogP contribution in [0.5, 0.6) is 0 Å². The van der Waals surface area contributed by atoms with Gasteiger partial charge in [-0.05, 0) is 24.3 Å². The predicted molar refractivity (Wildman–Crippen MR) is 65.2 cm³/mol. The van der Waals surface area contributed by atoms with Gasteiger partial charge in [0, 0.05) is 21.5 Å². The molecule has 15 heavy (non-hydrogen) atoms. The maximum Gasteiger partial charge on any atom is 0.158 e. The highest BCUT2D eigenvalue weighted by atomic mass is 79.9. The third-order valence-electron chi connectivity index (χ3n) is 2.13. The first-order valence-electron chi connectivity index (χ1n) is 4.96. The zero-order valence-electron chi connectivity index (χ0n) is 8.32. The molecule has 0 saturated carbocycles. The van der Waals surface area contributed by atoms with Crippen LogP contribution in [0, 0.1) is 0 Å². The molecule has 0 unspecified atom stereocenters. The topological polar surface area (TPSA) is 18.5 Å². The summed E-state index contributed by atoms with van der Waals surface area (Å²) in [5, 5.41) is 0. The van der Waals surface area contributed by atoms with Crippen LogP contribution in [0.25, 0.3) is 0 Å². The number of benzene rings is 1. The van der Waals surface area contributed by atoms with Crippen molar-refractivity contribution in [2.24, 2.45) is 0 Å². The summed E-state index contributed by atoms with van der Waals surface area (Å²) in [5.74, 6) is 1.03. The third kappa shape index (κ3) is 3.79. The highest BCUT2D eigenvalue weighted by Gasteiger charge is 2.14. The molecule has 0 bridgehead atoms. The molecule has 1 aliphatic rings. The lowest BCUT2D eigenvalue weighted by molar-refractivity contribution is -0.0421. The number of hydrogen-bond donors (Lipinski definition) is 0. The van der Waals surface area contributed by atoms with Crippen molar-refractivity contribution in [3.63, 3.8) is 0 Å². The standard InChI is InChI=1S/C11H13BrO2S/c12-9-1-3-10(4-2-9)15-8-5-11-13-6-7-14-11/h1-4,11H,5-8H2. The van der Waals surface area contributed by atoms with Crippen LogP contribution >= 0.6 is 27.7 Å². The van der Waals surface area contributed by atoms with Gasteiger partial charge in [-0.1, -0.05) is 15.9 Å². The highest BCUT2D eigenvalue weighted by Crippen LogP contribution is 2.22. The van der Waals surface area contributed by atoms with Crippen LogP contribution < -0.4 is 0 Å². The summed E-state index contributed by atoms with van der Waals surface area (Å²) in [6, 6.07) is 8.35. The summed E-state index contributed by atoms with van der Waals surface area (Å²) in [5.41, 5.74) is 0. The number of rotatable bonds is 4. The average Bonchev–Trinajstić information content (AvgIpc) is 2.74. The van der Waals surface area contributed by atoms with Gasteiger partial charge in [0.25, 0.3) is 0 Å². The zero-order valence-corrected chi connectivity index (χ0v) is 10.7. The van der Waals surface area contributed by atoms with Crippen LogP contribution in [-0.4, -0.2) is 25.3 Å². The summed E-state index contributed by atoms with van der Waals surface area (Å²) in [4.78, 5) is 1.29. The minimum Gasteiger partial charge on any atom is -0.350 e. The quantitative estimate of drug-likeness (QED) is 0.792. The van der Waals surface area contributed by atoms with Crippen molar-refractivity contribution in [2.75, 3.05) is 19.0 Å². The van der Waals surface area contributed by atoms with Crippen molar-refractivity contribution in [1.29, 1.82) is 0 Å². The molecule has 0 aromatic heterocycles. The van der Waals surface area contributed by atoms with Gasteiger partial charge in [0.1, 0.15) is 0 Å². The molecule has 1 aromatic rings. The number of thioether (sulfide) groups is 1. The van der Waals surface area contributed by atoms with Gasteiger partial charge in [0.05, 0.1) is 13.2 Å². The summed E-state index contributed by atoms with van der Waals surface area (Å²) < 4.78 is 11.9. The van der Waals surface area contributed by atoms with Crippen molar-refractivity contribution < 1.29 is 9.47 Å².